The number of carbonyl (C=O) groups excluding carboxylic acids is 1. The minimum Gasteiger partial charge on any atom is -0.319 e. The van der Waals surface area contributed by atoms with Crippen molar-refractivity contribution in [1.82, 2.24) is 4.98 Å². The summed E-state index contributed by atoms with van der Waals surface area (Å²) in [5.74, 6) is -6.78. The lowest BCUT2D eigenvalue weighted by atomic mass is 10.2. The van der Waals surface area contributed by atoms with Gasteiger partial charge in [-0.1, -0.05) is 0 Å². The molecule has 94 valence electrons. The molecule has 0 aliphatic rings. The van der Waals surface area contributed by atoms with Crippen LogP contribution < -0.4 is 5.32 Å². The van der Waals surface area contributed by atoms with Crippen LogP contribution in [0.3, 0.4) is 0 Å². The lowest BCUT2D eigenvalue weighted by Gasteiger charge is -2.14. The Morgan fingerprint density at radius 2 is 2.12 bits per heavy atom. The van der Waals surface area contributed by atoms with Gasteiger partial charge in [0.05, 0.1) is 11.9 Å². The van der Waals surface area contributed by atoms with Crippen LogP contribution >= 0.6 is 15.9 Å². The molecule has 17 heavy (non-hydrogen) atoms. The third-order valence-electron chi connectivity index (χ3n) is 1.85. The van der Waals surface area contributed by atoms with Crippen LogP contribution in [0.4, 0.5) is 23.2 Å². The molecule has 0 unspecified atom stereocenters. The minimum atomic E-state index is -4.72. The van der Waals surface area contributed by atoms with Crippen molar-refractivity contribution in [3.05, 3.63) is 22.4 Å². The van der Waals surface area contributed by atoms with Crippen LogP contribution in [0.1, 0.15) is 5.56 Å². The number of aromatic nitrogens is 1. The normalized spacial score (nSPS) is 11.7. The first kappa shape index (κ1) is 13.9. The zero-order chi connectivity index (χ0) is 13.2. The first-order valence-corrected chi connectivity index (χ1v) is 5.14. The molecule has 0 bridgehead atoms. The monoisotopic (exact) mass is 314 g/mol. The lowest BCUT2D eigenvalue weighted by molar-refractivity contribution is -0.163. The first-order chi connectivity index (χ1) is 7.75. The number of halogens is 5. The molecule has 0 fully saturated rings. The van der Waals surface area contributed by atoms with Crippen LogP contribution in [-0.4, -0.2) is 23.2 Å². The highest BCUT2D eigenvalue weighted by Gasteiger charge is 2.48. The van der Waals surface area contributed by atoms with Gasteiger partial charge < -0.3 is 5.32 Å². The standard InChI is InChI=1S/C9H7BrF4N2O/c1-4-2-5(3-15-6(4)10)16-8(17)9(13,14)7(11)12/h2-3,7H,1H3,(H,16,17). The summed E-state index contributed by atoms with van der Waals surface area (Å²) in [7, 11) is 0. The number of nitrogens with one attached hydrogen (secondary N) is 1. The topological polar surface area (TPSA) is 42.0 Å². The Bertz CT molecular complexity index is 439. The highest BCUT2D eigenvalue weighted by molar-refractivity contribution is 9.10. The SMILES string of the molecule is Cc1cc(NC(=O)C(F)(F)C(F)F)cnc1Br. The van der Waals surface area contributed by atoms with E-state index in [0.717, 1.165) is 6.20 Å². The Morgan fingerprint density at radius 1 is 1.53 bits per heavy atom. The van der Waals surface area contributed by atoms with Crippen molar-refractivity contribution in [3.8, 4) is 0 Å². The molecule has 0 radical (unpaired) electrons. The number of aryl methyl sites for hydroxylation is 1. The third kappa shape index (κ3) is 3.15. The number of amides is 1. The Morgan fingerprint density at radius 3 is 2.59 bits per heavy atom. The van der Waals surface area contributed by atoms with Crippen LogP contribution in [0.2, 0.25) is 0 Å². The predicted molar refractivity (Wildman–Crippen MR) is 56.3 cm³/mol. The Balaban J connectivity index is 2.85. The van der Waals surface area contributed by atoms with Crippen LogP contribution in [-0.2, 0) is 4.79 Å². The number of alkyl halides is 4. The molecule has 1 amide bonds. The van der Waals surface area contributed by atoms with Crippen LogP contribution in [0, 0.1) is 6.92 Å². The summed E-state index contributed by atoms with van der Waals surface area (Å²) in [6.45, 7) is 1.61. The van der Waals surface area contributed by atoms with Gasteiger partial charge in [-0.3, -0.25) is 4.79 Å². The van der Waals surface area contributed by atoms with Gasteiger partial charge >= 0.3 is 18.3 Å². The zero-order valence-electron chi connectivity index (χ0n) is 8.48. The van der Waals surface area contributed by atoms with Crippen molar-refractivity contribution >= 4 is 27.5 Å². The van der Waals surface area contributed by atoms with E-state index in [-0.39, 0.29) is 5.69 Å². The quantitative estimate of drug-likeness (QED) is 0.688. The molecule has 1 aromatic heterocycles. The number of nitrogens with zero attached hydrogens (tertiary/aromatic N) is 1. The molecule has 8 heteroatoms. The van der Waals surface area contributed by atoms with E-state index in [0.29, 0.717) is 10.2 Å². The van der Waals surface area contributed by atoms with Gasteiger partial charge in [-0.05, 0) is 34.5 Å². The zero-order valence-corrected chi connectivity index (χ0v) is 10.1. The van der Waals surface area contributed by atoms with E-state index in [1.807, 2.05) is 0 Å². The molecular weight excluding hydrogens is 308 g/mol. The van der Waals surface area contributed by atoms with Gasteiger partial charge in [-0.25, -0.2) is 13.8 Å². The van der Waals surface area contributed by atoms with Gasteiger partial charge in [0.25, 0.3) is 0 Å². The molecular formula is C9H7BrF4N2O. The molecule has 0 saturated heterocycles. The third-order valence-corrected chi connectivity index (χ3v) is 2.68. The van der Waals surface area contributed by atoms with E-state index in [4.69, 9.17) is 0 Å². The van der Waals surface area contributed by atoms with Crippen molar-refractivity contribution in [2.75, 3.05) is 5.32 Å². The highest BCUT2D eigenvalue weighted by Crippen LogP contribution is 2.25. The van der Waals surface area contributed by atoms with Crippen molar-refractivity contribution < 1.29 is 22.4 Å². The Kier molecular flexibility index (Phi) is 4.07. The van der Waals surface area contributed by atoms with Crippen molar-refractivity contribution in [2.24, 2.45) is 0 Å². The van der Waals surface area contributed by atoms with E-state index in [2.05, 4.69) is 20.9 Å². The fourth-order valence-corrected chi connectivity index (χ4v) is 1.16. The number of hydrogen-bond donors (Lipinski definition) is 1. The first-order valence-electron chi connectivity index (χ1n) is 4.34. The molecule has 0 aliphatic carbocycles. The minimum absolute atomic E-state index is 0.0731. The van der Waals surface area contributed by atoms with Crippen LogP contribution in [0.15, 0.2) is 16.9 Å². The highest BCUT2D eigenvalue weighted by atomic mass is 79.9. The fourth-order valence-electron chi connectivity index (χ4n) is 0.940. The number of rotatable bonds is 3. The summed E-state index contributed by atoms with van der Waals surface area (Å²) in [5.41, 5.74) is 0.499. The van der Waals surface area contributed by atoms with Gasteiger partial charge in [-0.2, -0.15) is 8.78 Å². The second-order valence-electron chi connectivity index (χ2n) is 3.21. The molecule has 0 aliphatic heterocycles. The molecule has 0 atom stereocenters. The van der Waals surface area contributed by atoms with Crippen LogP contribution in [0.25, 0.3) is 0 Å². The lowest BCUT2D eigenvalue weighted by Crippen LogP contribution is -2.41. The van der Waals surface area contributed by atoms with Gasteiger partial charge in [0, 0.05) is 0 Å². The van der Waals surface area contributed by atoms with E-state index in [1.54, 1.807) is 12.2 Å². The second kappa shape index (κ2) is 4.99. The second-order valence-corrected chi connectivity index (χ2v) is 3.96. The van der Waals surface area contributed by atoms with E-state index in [9.17, 15) is 22.4 Å². The van der Waals surface area contributed by atoms with Crippen LogP contribution in [0.5, 0.6) is 0 Å². The predicted octanol–water partition coefficient (Wildman–Crippen LogP) is 2.99. The van der Waals surface area contributed by atoms with Gasteiger partial charge in [-0.15, -0.1) is 0 Å². The smallest absolute Gasteiger partial charge is 0.319 e. The summed E-state index contributed by atoms with van der Waals surface area (Å²) < 4.78 is 49.4. The largest absolute Gasteiger partial charge is 0.383 e. The molecule has 1 heterocycles. The number of pyridine rings is 1. The maximum absolute atomic E-state index is 12.6. The summed E-state index contributed by atoms with van der Waals surface area (Å²) in [5, 5.41) is 1.68. The van der Waals surface area contributed by atoms with E-state index < -0.39 is 18.3 Å². The summed E-state index contributed by atoms with van der Waals surface area (Å²) in [4.78, 5) is 14.6. The molecule has 0 spiro atoms. The summed E-state index contributed by atoms with van der Waals surface area (Å²) >= 11 is 3.07. The maximum Gasteiger partial charge on any atom is 0.383 e. The Labute approximate surface area is 102 Å². The van der Waals surface area contributed by atoms with E-state index in [1.165, 1.54) is 6.07 Å². The fraction of sp³-hybridized carbons (Fsp3) is 0.333. The average Bonchev–Trinajstić information content (AvgIpc) is 2.23. The number of anilines is 1. The molecule has 1 N–H and O–H groups in total. The van der Waals surface area contributed by atoms with Crippen molar-refractivity contribution in [2.45, 2.75) is 19.3 Å². The number of carbonyl (C=O) groups is 1. The summed E-state index contributed by atoms with van der Waals surface area (Å²) in [6, 6.07) is 1.33. The summed E-state index contributed by atoms with van der Waals surface area (Å²) in [6.07, 6.45) is -2.97. The average molecular weight is 315 g/mol. The van der Waals surface area contributed by atoms with E-state index >= 15 is 0 Å². The van der Waals surface area contributed by atoms with Gasteiger partial charge in [0.15, 0.2) is 0 Å². The Hall–Kier alpha value is -1.18. The van der Waals surface area contributed by atoms with Crippen molar-refractivity contribution in [1.29, 1.82) is 0 Å². The maximum atomic E-state index is 12.6. The molecule has 0 aromatic carbocycles. The van der Waals surface area contributed by atoms with Gasteiger partial charge in [0.1, 0.15) is 4.60 Å². The number of hydrogen-bond acceptors (Lipinski definition) is 2. The van der Waals surface area contributed by atoms with Gasteiger partial charge in [0.2, 0.25) is 0 Å². The molecule has 1 aromatic rings. The van der Waals surface area contributed by atoms with Crippen molar-refractivity contribution in [3.63, 3.8) is 0 Å². The molecule has 0 saturated carbocycles. The molecule has 3 nitrogen and oxygen atoms in total. The molecule has 1 rings (SSSR count).